The Labute approximate surface area is 87.5 Å². The normalized spacial score (nSPS) is 11.8. The van der Waals surface area contributed by atoms with Gasteiger partial charge in [0.05, 0.1) is 6.61 Å². The molecule has 0 bridgehead atoms. The summed E-state index contributed by atoms with van der Waals surface area (Å²) in [6.07, 6.45) is 2.43. The lowest BCUT2D eigenvalue weighted by Crippen LogP contribution is -2.18. The molecule has 0 radical (unpaired) electrons. The molecule has 88 valence electrons. The molecule has 4 nitrogen and oxygen atoms in total. The van der Waals surface area contributed by atoms with Crippen LogP contribution in [-0.4, -0.2) is 43.1 Å². The molecule has 0 spiro atoms. The number of unbranched alkanes of at least 4 members (excludes halogenated alkanes) is 1. The van der Waals surface area contributed by atoms with Gasteiger partial charge < -0.3 is 21.3 Å². The first-order valence-electron chi connectivity index (χ1n) is 5.35. The fourth-order valence-corrected chi connectivity index (χ4v) is 0.580. The second-order valence-electron chi connectivity index (χ2n) is 3.35. The molecule has 0 saturated heterocycles. The fraction of sp³-hybridized carbons (Fsp3) is 1.00. The summed E-state index contributed by atoms with van der Waals surface area (Å²) in [6.45, 7) is 6.87. The number of nitrogens with one attached hydrogen (secondary N) is 1. The molecule has 0 rings (SSSR count). The summed E-state index contributed by atoms with van der Waals surface area (Å²) in [5, 5.41) is 19.6. The van der Waals surface area contributed by atoms with Crippen molar-refractivity contribution in [1.82, 2.24) is 5.32 Å². The van der Waals surface area contributed by atoms with Crippen LogP contribution in [0.1, 0.15) is 26.7 Å². The van der Waals surface area contributed by atoms with Crippen LogP contribution in [0.2, 0.25) is 0 Å². The van der Waals surface area contributed by atoms with Gasteiger partial charge in [-0.2, -0.15) is 0 Å². The molecule has 0 aliphatic carbocycles. The van der Waals surface area contributed by atoms with Crippen LogP contribution in [0.5, 0.6) is 0 Å². The third-order valence-corrected chi connectivity index (χ3v) is 1.71. The summed E-state index contributed by atoms with van der Waals surface area (Å²) in [5.41, 5.74) is 5.12. The first-order chi connectivity index (χ1) is 6.72. The van der Waals surface area contributed by atoms with E-state index in [0.717, 1.165) is 13.1 Å². The number of aliphatic hydroxyl groups excluding tert-OH is 2. The largest absolute Gasteiger partial charge is 0.396 e. The number of hydrogen-bond acceptors (Lipinski definition) is 4. The molecule has 0 amide bonds. The summed E-state index contributed by atoms with van der Waals surface area (Å²) < 4.78 is 0. The smallest absolute Gasteiger partial charge is 0.0555 e. The van der Waals surface area contributed by atoms with E-state index in [1.807, 2.05) is 6.92 Å². The highest BCUT2D eigenvalue weighted by Gasteiger charge is 1.90. The summed E-state index contributed by atoms with van der Waals surface area (Å²) in [5.74, 6) is 0.269. The molecule has 0 saturated carbocycles. The Morgan fingerprint density at radius 1 is 1.29 bits per heavy atom. The maximum atomic E-state index is 8.30. The zero-order valence-electron chi connectivity index (χ0n) is 9.50. The van der Waals surface area contributed by atoms with Crippen LogP contribution in [0.25, 0.3) is 0 Å². The molecule has 0 heterocycles. The predicted octanol–water partition coefficient (Wildman–Crippen LogP) is -0.0581. The van der Waals surface area contributed by atoms with Gasteiger partial charge in [0.15, 0.2) is 0 Å². The lowest BCUT2D eigenvalue weighted by Gasteiger charge is -1.98. The molecule has 14 heavy (non-hydrogen) atoms. The SMILES string of the molecule is CC(CN)CO.CCCCNCCO. The molecular formula is C10H26N2O2. The van der Waals surface area contributed by atoms with E-state index in [1.54, 1.807) is 0 Å². The van der Waals surface area contributed by atoms with Gasteiger partial charge in [-0.3, -0.25) is 0 Å². The molecule has 1 atom stereocenters. The van der Waals surface area contributed by atoms with Crippen molar-refractivity contribution in [3.63, 3.8) is 0 Å². The van der Waals surface area contributed by atoms with Crippen LogP contribution < -0.4 is 11.1 Å². The van der Waals surface area contributed by atoms with Gasteiger partial charge in [0.25, 0.3) is 0 Å². The van der Waals surface area contributed by atoms with Gasteiger partial charge >= 0.3 is 0 Å². The van der Waals surface area contributed by atoms with Crippen LogP contribution in [0.15, 0.2) is 0 Å². The minimum Gasteiger partial charge on any atom is -0.396 e. The maximum Gasteiger partial charge on any atom is 0.0555 e. The monoisotopic (exact) mass is 206 g/mol. The first kappa shape index (κ1) is 16.3. The Bertz CT molecular complexity index is 82.2. The molecule has 0 aromatic carbocycles. The lowest BCUT2D eigenvalue weighted by molar-refractivity contribution is 0.241. The predicted molar refractivity (Wildman–Crippen MR) is 60.2 cm³/mol. The molecule has 0 aliphatic heterocycles. The van der Waals surface area contributed by atoms with E-state index >= 15 is 0 Å². The molecule has 4 heteroatoms. The van der Waals surface area contributed by atoms with Crippen LogP contribution in [-0.2, 0) is 0 Å². The van der Waals surface area contributed by atoms with Crippen molar-refractivity contribution >= 4 is 0 Å². The van der Waals surface area contributed by atoms with Crippen molar-refractivity contribution in [2.75, 3.05) is 32.8 Å². The van der Waals surface area contributed by atoms with Crippen molar-refractivity contribution < 1.29 is 10.2 Å². The minimum atomic E-state index is 0.205. The van der Waals surface area contributed by atoms with Crippen molar-refractivity contribution in [2.45, 2.75) is 26.7 Å². The highest BCUT2D eigenvalue weighted by molar-refractivity contribution is 4.46. The molecule has 0 aromatic rings. The third kappa shape index (κ3) is 17.8. The third-order valence-electron chi connectivity index (χ3n) is 1.71. The van der Waals surface area contributed by atoms with Crippen LogP contribution in [0, 0.1) is 5.92 Å². The van der Waals surface area contributed by atoms with Gasteiger partial charge in [-0.25, -0.2) is 0 Å². The summed E-state index contributed by atoms with van der Waals surface area (Å²) in [4.78, 5) is 0. The van der Waals surface area contributed by atoms with Crippen molar-refractivity contribution in [3.8, 4) is 0 Å². The summed E-state index contributed by atoms with van der Waals surface area (Å²) >= 11 is 0. The van der Waals surface area contributed by atoms with Gasteiger partial charge in [-0.1, -0.05) is 20.3 Å². The Morgan fingerprint density at radius 2 is 1.93 bits per heavy atom. The topological polar surface area (TPSA) is 78.5 Å². The van der Waals surface area contributed by atoms with Crippen LogP contribution in [0.3, 0.4) is 0 Å². The van der Waals surface area contributed by atoms with Gasteiger partial charge in [0.2, 0.25) is 0 Å². The van der Waals surface area contributed by atoms with E-state index in [9.17, 15) is 0 Å². The van der Waals surface area contributed by atoms with Crippen LogP contribution >= 0.6 is 0 Å². The van der Waals surface area contributed by atoms with E-state index in [2.05, 4.69) is 12.2 Å². The van der Waals surface area contributed by atoms with Gasteiger partial charge in [-0.05, 0) is 25.4 Å². The molecule has 0 aromatic heterocycles. The van der Waals surface area contributed by atoms with Crippen molar-refractivity contribution in [3.05, 3.63) is 0 Å². The molecule has 0 aliphatic rings. The fourth-order valence-electron chi connectivity index (χ4n) is 0.580. The van der Waals surface area contributed by atoms with E-state index in [0.29, 0.717) is 6.54 Å². The summed E-state index contributed by atoms with van der Waals surface area (Å²) in [6, 6.07) is 0. The molecule has 0 fully saturated rings. The van der Waals surface area contributed by atoms with Crippen molar-refractivity contribution in [1.29, 1.82) is 0 Å². The number of aliphatic hydroxyl groups is 2. The van der Waals surface area contributed by atoms with Crippen molar-refractivity contribution in [2.24, 2.45) is 11.7 Å². The molecule has 5 N–H and O–H groups in total. The van der Waals surface area contributed by atoms with Gasteiger partial charge in [0, 0.05) is 13.2 Å². The maximum absolute atomic E-state index is 8.30. The molecule has 1 unspecified atom stereocenters. The quantitative estimate of drug-likeness (QED) is 0.440. The second-order valence-corrected chi connectivity index (χ2v) is 3.35. The number of nitrogens with two attached hydrogens (primary N) is 1. The zero-order chi connectivity index (χ0) is 11.2. The summed E-state index contributed by atoms with van der Waals surface area (Å²) in [7, 11) is 0. The second kappa shape index (κ2) is 15.3. The van der Waals surface area contributed by atoms with E-state index in [1.165, 1.54) is 12.8 Å². The van der Waals surface area contributed by atoms with E-state index in [4.69, 9.17) is 15.9 Å². The van der Waals surface area contributed by atoms with E-state index in [-0.39, 0.29) is 19.1 Å². The average Bonchev–Trinajstić information content (AvgIpc) is 2.24. The van der Waals surface area contributed by atoms with Gasteiger partial charge in [-0.15, -0.1) is 0 Å². The Morgan fingerprint density at radius 3 is 2.21 bits per heavy atom. The van der Waals surface area contributed by atoms with Crippen LogP contribution in [0.4, 0.5) is 0 Å². The highest BCUT2D eigenvalue weighted by Crippen LogP contribution is 1.83. The molecular weight excluding hydrogens is 180 g/mol. The highest BCUT2D eigenvalue weighted by atomic mass is 16.3. The van der Waals surface area contributed by atoms with Gasteiger partial charge in [0.1, 0.15) is 0 Å². The minimum absolute atomic E-state index is 0.205. The Hall–Kier alpha value is -0.160. The average molecular weight is 206 g/mol. The Kier molecular flexibility index (Phi) is 17.8. The number of hydrogen-bond donors (Lipinski definition) is 4. The first-order valence-corrected chi connectivity index (χ1v) is 5.35. The Balaban J connectivity index is 0. The lowest BCUT2D eigenvalue weighted by atomic mass is 10.2. The number of rotatable bonds is 7. The van der Waals surface area contributed by atoms with E-state index < -0.39 is 0 Å². The zero-order valence-corrected chi connectivity index (χ0v) is 9.50. The standard InChI is InChI=1S/C6H15NO.C4H11NO/c1-2-3-4-7-5-6-8;1-4(2-5)3-6/h7-8H,2-6H2,1H3;4,6H,2-3,5H2,1H3.